The number of nitrogens with zero attached hydrogens (tertiary/aromatic N) is 2. The van der Waals surface area contributed by atoms with E-state index in [9.17, 15) is 13.2 Å². The van der Waals surface area contributed by atoms with Crippen molar-refractivity contribution in [1.82, 2.24) is 4.90 Å². The number of hydrogen-bond donors (Lipinski definition) is 0. The standard InChI is InChI=1S/C22H26N2O5S/c1-16-7-6-8-17(13-16)23(2)30(26,27)18-9-10-19-20(14-18)28-15-21(29-19)22(25)24-11-4-3-5-12-24/h6-10,13-14,21H,3-5,11-12,15H2,1-2H3. The lowest BCUT2D eigenvalue weighted by molar-refractivity contribution is -0.142. The number of piperidine rings is 1. The first-order chi connectivity index (χ1) is 14.4. The predicted molar refractivity (Wildman–Crippen MR) is 114 cm³/mol. The van der Waals surface area contributed by atoms with Crippen LogP contribution in [0.4, 0.5) is 5.69 Å². The molecule has 2 aliphatic rings. The molecule has 2 aromatic rings. The van der Waals surface area contributed by atoms with Gasteiger partial charge in [-0.2, -0.15) is 0 Å². The summed E-state index contributed by atoms with van der Waals surface area (Å²) in [6.45, 7) is 3.47. The molecular formula is C22H26N2O5S. The number of fused-ring (bicyclic) bond motifs is 1. The first-order valence-corrected chi connectivity index (χ1v) is 11.6. The quantitative estimate of drug-likeness (QED) is 0.745. The summed E-state index contributed by atoms with van der Waals surface area (Å²) in [5.41, 5.74) is 1.55. The van der Waals surface area contributed by atoms with E-state index in [2.05, 4.69) is 0 Å². The van der Waals surface area contributed by atoms with Crippen LogP contribution in [-0.2, 0) is 14.8 Å². The number of carbonyl (C=O) groups excluding carboxylic acids is 1. The van der Waals surface area contributed by atoms with Gasteiger partial charge < -0.3 is 14.4 Å². The van der Waals surface area contributed by atoms with E-state index < -0.39 is 16.1 Å². The van der Waals surface area contributed by atoms with Gasteiger partial charge in [0.25, 0.3) is 15.9 Å². The van der Waals surface area contributed by atoms with Gasteiger partial charge in [0.15, 0.2) is 11.5 Å². The van der Waals surface area contributed by atoms with Crippen LogP contribution in [0.3, 0.4) is 0 Å². The van der Waals surface area contributed by atoms with Gasteiger partial charge in [-0.25, -0.2) is 8.42 Å². The maximum atomic E-state index is 13.1. The van der Waals surface area contributed by atoms with Gasteiger partial charge in [-0.15, -0.1) is 0 Å². The molecule has 0 aromatic heterocycles. The van der Waals surface area contributed by atoms with E-state index in [0.717, 1.165) is 37.9 Å². The zero-order valence-corrected chi connectivity index (χ0v) is 18.0. The van der Waals surface area contributed by atoms with Crippen LogP contribution in [0.5, 0.6) is 11.5 Å². The predicted octanol–water partition coefficient (Wildman–Crippen LogP) is 2.97. The van der Waals surface area contributed by atoms with Crippen molar-refractivity contribution in [3.05, 3.63) is 48.0 Å². The molecule has 1 saturated heterocycles. The fourth-order valence-electron chi connectivity index (χ4n) is 3.77. The van der Waals surface area contributed by atoms with Gasteiger partial charge >= 0.3 is 0 Å². The molecule has 30 heavy (non-hydrogen) atoms. The summed E-state index contributed by atoms with van der Waals surface area (Å²) in [5.74, 6) is 0.640. The Kier molecular flexibility index (Phi) is 5.60. The van der Waals surface area contributed by atoms with E-state index in [0.29, 0.717) is 17.2 Å². The number of rotatable bonds is 4. The van der Waals surface area contributed by atoms with Crippen LogP contribution in [0, 0.1) is 6.92 Å². The zero-order valence-electron chi connectivity index (χ0n) is 17.2. The van der Waals surface area contributed by atoms with Crippen LogP contribution in [0.15, 0.2) is 47.4 Å². The Morgan fingerprint density at radius 3 is 2.57 bits per heavy atom. The normalized spacial score (nSPS) is 18.7. The fourth-order valence-corrected chi connectivity index (χ4v) is 4.98. The van der Waals surface area contributed by atoms with Crippen molar-refractivity contribution in [2.24, 2.45) is 0 Å². The molecule has 0 N–H and O–H groups in total. The lowest BCUT2D eigenvalue weighted by atomic mass is 10.1. The van der Waals surface area contributed by atoms with Gasteiger partial charge in [0.05, 0.1) is 10.6 Å². The smallest absolute Gasteiger partial charge is 0.267 e. The van der Waals surface area contributed by atoms with Crippen molar-refractivity contribution in [3.8, 4) is 11.5 Å². The Morgan fingerprint density at radius 1 is 1.07 bits per heavy atom. The third kappa shape index (κ3) is 3.96. The molecule has 0 radical (unpaired) electrons. The Bertz CT molecular complexity index is 1050. The highest BCUT2D eigenvalue weighted by molar-refractivity contribution is 7.92. The molecule has 0 aliphatic carbocycles. The number of ether oxygens (including phenoxy) is 2. The molecule has 1 amide bonds. The van der Waals surface area contributed by atoms with Crippen LogP contribution in [-0.4, -0.2) is 52.1 Å². The highest BCUT2D eigenvalue weighted by Gasteiger charge is 2.33. The molecular weight excluding hydrogens is 404 g/mol. The van der Waals surface area contributed by atoms with Gasteiger partial charge in [-0.1, -0.05) is 12.1 Å². The van der Waals surface area contributed by atoms with Crippen molar-refractivity contribution in [2.45, 2.75) is 37.2 Å². The largest absolute Gasteiger partial charge is 0.485 e. The molecule has 1 fully saturated rings. The number of carbonyl (C=O) groups is 1. The molecule has 2 aliphatic heterocycles. The van der Waals surface area contributed by atoms with E-state index >= 15 is 0 Å². The summed E-state index contributed by atoms with van der Waals surface area (Å²) in [7, 11) is -2.24. The SMILES string of the molecule is Cc1cccc(N(C)S(=O)(=O)c2ccc3c(c2)OCC(C(=O)N2CCCCC2)O3)c1. The van der Waals surface area contributed by atoms with Crippen molar-refractivity contribution in [3.63, 3.8) is 0 Å². The third-order valence-electron chi connectivity index (χ3n) is 5.54. The highest BCUT2D eigenvalue weighted by atomic mass is 32.2. The first-order valence-electron chi connectivity index (χ1n) is 10.1. The topological polar surface area (TPSA) is 76.2 Å². The van der Waals surface area contributed by atoms with Gasteiger partial charge in [0.2, 0.25) is 6.10 Å². The molecule has 1 atom stereocenters. The summed E-state index contributed by atoms with van der Waals surface area (Å²) < 4.78 is 39.0. The maximum absolute atomic E-state index is 13.1. The Balaban J connectivity index is 1.53. The summed E-state index contributed by atoms with van der Waals surface area (Å²) in [6.07, 6.45) is 2.45. The summed E-state index contributed by atoms with van der Waals surface area (Å²) in [4.78, 5) is 14.6. The second-order valence-corrected chi connectivity index (χ2v) is 9.69. The highest BCUT2D eigenvalue weighted by Crippen LogP contribution is 2.35. The van der Waals surface area contributed by atoms with Crippen LogP contribution in [0.1, 0.15) is 24.8 Å². The van der Waals surface area contributed by atoms with Crippen LogP contribution in [0.25, 0.3) is 0 Å². The molecule has 0 saturated carbocycles. The number of sulfonamides is 1. The molecule has 2 heterocycles. The number of benzene rings is 2. The summed E-state index contributed by atoms with van der Waals surface area (Å²) >= 11 is 0. The van der Waals surface area contributed by atoms with Gasteiger partial charge in [-0.05, 0) is 56.0 Å². The third-order valence-corrected chi connectivity index (χ3v) is 7.32. The van der Waals surface area contributed by atoms with Crippen molar-refractivity contribution in [1.29, 1.82) is 0 Å². The van der Waals surface area contributed by atoms with E-state index in [1.54, 1.807) is 12.1 Å². The van der Waals surface area contributed by atoms with Gasteiger partial charge in [-0.3, -0.25) is 9.10 Å². The number of amides is 1. The zero-order chi connectivity index (χ0) is 21.3. The van der Waals surface area contributed by atoms with Crippen molar-refractivity contribution < 1.29 is 22.7 Å². The lowest BCUT2D eigenvalue weighted by Crippen LogP contribution is -2.48. The molecule has 1 unspecified atom stereocenters. The molecule has 2 aromatic carbocycles. The Hall–Kier alpha value is -2.74. The number of anilines is 1. The van der Waals surface area contributed by atoms with Gasteiger partial charge in [0.1, 0.15) is 6.61 Å². The first kappa shape index (κ1) is 20.5. The summed E-state index contributed by atoms with van der Waals surface area (Å²) in [5, 5.41) is 0. The van der Waals surface area contributed by atoms with Gasteiger partial charge in [0, 0.05) is 26.2 Å². The molecule has 0 spiro atoms. The molecule has 8 heteroatoms. The molecule has 160 valence electrons. The van der Waals surface area contributed by atoms with E-state index in [1.807, 2.05) is 30.0 Å². The van der Waals surface area contributed by atoms with Crippen LogP contribution < -0.4 is 13.8 Å². The minimum Gasteiger partial charge on any atom is -0.485 e. The minimum absolute atomic E-state index is 0.0690. The maximum Gasteiger partial charge on any atom is 0.267 e. The van der Waals surface area contributed by atoms with Crippen molar-refractivity contribution in [2.75, 3.05) is 31.0 Å². The average Bonchev–Trinajstić information content (AvgIpc) is 2.78. The van der Waals surface area contributed by atoms with Crippen LogP contribution >= 0.6 is 0 Å². The van der Waals surface area contributed by atoms with Crippen LogP contribution in [0.2, 0.25) is 0 Å². The molecule has 7 nitrogen and oxygen atoms in total. The number of aryl methyl sites for hydroxylation is 1. The second kappa shape index (κ2) is 8.18. The molecule has 4 rings (SSSR count). The summed E-state index contributed by atoms with van der Waals surface area (Å²) in [6, 6.07) is 11.8. The monoisotopic (exact) mass is 430 g/mol. The molecule has 0 bridgehead atoms. The van der Waals surface area contributed by atoms with E-state index in [-0.39, 0.29) is 17.4 Å². The Labute approximate surface area is 177 Å². The average molecular weight is 431 g/mol. The second-order valence-electron chi connectivity index (χ2n) is 7.72. The Morgan fingerprint density at radius 2 is 1.83 bits per heavy atom. The number of hydrogen-bond acceptors (Lipinski definition) is 5. The fraction of sp³-hybridized carbons (Fsp3) is 0.409. The minimum atomic E-state index is -3.77. The lowest BCUT2D eigenvalue weighted by Gasteiger charge is -2.32. The van der Waals surface area contributed by atoms with E-state index in [4.69, 9.17) is 9.47 Å². The van der Waals surface area contributed by atoms with Crippen molar-refractivity contribution >= 4 is 21.6 Å². The van der Waals surface area contributed by atoms with E-state index in [1.165, 1.54) is 23.5 Å². The number of likely N-dealkylation sites (tertiary alicyclic amines) is 1.